The van der Waals surface area contributed by atoms with E-state index in [4.69, 9.17) is 4.74 Å². The van der Waals surface area contributed by atoms with Gasteiger partial charge in [0.1, 0.15) is 11.6 Å². The van der Waals surface area contributed by atoms with Crippen molar-refractivity contribution in [3.63, 3.8) is 0 Å². The molecule has 0 aromatic heterocycles. The molecule has 2 aromatic carbocycles. The Balaban J connectivity index is 2.25. The SMILES string of the molecule is COc1ccc(NC(=O)c2cccc(C)c2F)cc1CO. The van der Waals surface area contributed by atoms with Gasteiger partial charge in [0.25, 0.3) is 5.91 Å². The lowest BCUT2D eigenvalue weighted by Crippen LogP contribution is -2.14. The van der Waals surface area contributed by atoms with Gasteiger partial charge in [-0.05, 0) is 36.8 Å². The predicted molar refractivity (Wildman–Crippen MR) is 78.0 cm³/mol. The van der Waals surface area contributed by atoms with Crippen LogP contribution in [0.4, 0.5) is 10.1 Å². The zero-order valence-corrected chi connectivity index (χ0v) is 11.8. The smallest absolute Gasteiger partial charge is 0.258 e. The zero-order valence-electron chi connectivity index (χ0n) is 11.8. The standard InChI is InChI=1S/C16H16FNO3/c1-10-4-3-5-13(15(10)17)16(20)18-12-6-7-14(21-2)11(8-12)9-19/h3-8,19H,9H2,1-2H3,(H,18,20). The van der Waals surface area contributed by atoms with Crippen molar-refractivity contribution < 1.29 is 19.0 Å². The maximum atomic E-state index is 13.9. The summed E-state index contributed by atoms with van der Waals surface area (Å²) in [5.41, 5.74) is 1.40. The van der Waals surface area contributed by atoms with E-state index in [1.807, 2.05) is 0 Å². The van der Waals surface area contributed by atoms with Crippen LogP contribution < -0.4 is 10.1 Å². The predicted octanol–water partition coefficient (Wildman–Crippen LogP) is 2.89. The number of amides is 1. The summed E-state index contributed by atoms with van der Waals surface area (Å²) in [6.07, 6.45) is 0. The van der Waals surface area contributed by atoms with Crippen LogP contribution in [0.3, 0.4) is 0 Å². The zero-order chi connectivity index (χ0) is 15.4. The molecule has 2 N–H and O–H groups in total. The second-order valence-corrected chi connectivity index (χ2v) is 4.58. The topological polar surface area (TPSA) is 58.6 Å². The van der Waals surface area contributed by atoms with Crippen molar-refractivity contribution in [1.82, 2.24) is 0 Å². The van der Waals surface area contributed by atoms with Crippen molar-refractivity contribution in [3.8, 4) is 5.75 Å². The van der Waals surface area contributed by atoms with Crippen molar-refractivity contribution in [2.45, 2.75) is 13.5 Å². The number of aliphatic hydroxyl groups is 1. The average molecular weight is 289 g/mol. The molecule has 0 heterocycles. The molecule has 0 atom stereocenters. The van der Waals surface area contributed by atoms with Crippen LogP contribution >= 0.6 is 0 Å². The number of aliphatic hydroxyl groups excluding tert-OH is 1. The fourth-order valence-electron chi connectivity index (χ4n) is 2.00. The van der Waals surface area contributed by atoms with Gasteiger partial charge in [0, 0.05) is 11.3 Å². The number of halogens is 1. The molecule has 0 unspecified atom stereocenters. The van der Waals surface area contributed by atoms with Gasteiger partial charge in [0.2, 0.25) is 0 Å². The third kappa shape index (κ3) is 3.20. The molecule has 0 saturated carbocycles. The maximum Gasteiger partial charge on any atom is 0.258 e. The number of aryl methyl sites for hydroxylation is 1. The Morgan fingerprint density at radius 3 is 2.76 bits per heavy atom. The first-order valence-corrected chi connectivity index (χ1v) is 6.41. The second kappa shape index (κ2) is 6.37. The summed E-state index contributed by atoms with van der Waals surface area (Å²) < 4.78 is 19.0. The van der Waals surface area contributed by atoms with E-state index < -0.39 is 11.7 Å². The van der Waals surface area contributed by atoms with Crippen LogP contribution in [0.5, 0.6) is 5.75 Å². The van der Waals surface area contributed by atoms with Gasteiger partial charge in [-0.15, -0.1) is 0 Å². The van der Waals surface area contributed by atoms with Crippen molar-refractivity contribution in [1.29, 1.82) is 0 Å². The van der Waals surface area contributed by atoms with Crippen LogP contribution in [0.25, 0.3) is 0 Å². The lowest BCUT2D eigenvalue weighted by Gasteiger charge is -2.11. The van der Waals surface area contributed by atoms with Crippen LogP contribution in [-0.2, 0) is 6.61 Å². The molecule has 0 radical (unpaired) electrons. The largest absolute Gasteiger partial charge is 0.496 e. The molecule has 1 amide bonds. The Kier molecular flexibility index (Phi) is 4.55. The van der Waals surface area contributed by atoms with Crippen LogP contribution in [0.15, 0.2) is 36.4 Å². The number of hydrogen-bond acceptors (Lipinski definition) is 3. The van der Waals surface area contributed by atoms with Crippen LogP contribution in [-0.4, -0.2) is 18.1 Å². The van der Waals surface area contributed by atoms with Gasteiger partial charge in [-0.1, -0.05) is 12.1 Å². The molecule has 0 aliphatic heterocycles. The fraction of sp³-hybridized carbons (Fsp3) is 0.188. The Bertz CT molecular complexity index is 671. The van der Waals surface area contributed by atoms with Crippen LogP contribution in [0.2, 0.25) is 0 Å². The van der Waals surface area contributed by atoms with Gasteiger partial charge in [0.05, 0.1) is 19.3 Å². The lowest BCUT2D eigenvalue weighted by molar-refractivity contribution is 0.102. The molecule has 4 nitrogen and oxygen atoms in total. The van der Waals surface area contributed by atoms with E-state index in [1.54, 1.807) is 37.3 Å². The minimum atomic E-state index is -0.537. The van der Waals surface area contributed by atoms with Crippen molar-refractivity contribution in [3.05, 3.63) is 58.9 Å². The molecular weight excluding hydrogens is 273 g/mol. The number of benzene rings is 2. The van der Waals surface area contributed by atoms with Crippen molar-refractivity contribution in [2.75, 3.05) is 12.4 Å². The summed E-state index contributed by atoms with van der Waals surface area (Å²) in [5.74, 6) is -0.548. The van der Waals surface area contributed by atoms with E-state index in [-0.39, 0.29) is 12.2 Å². The molecule has 2 rings (SSSR count). The quantitative estimate of drug-likeness (QED) is 0.910. The lowest BCUT2D eigenvalue weighted by atomic mass is 10.1. The highest BCUT2D eigenvalue weighted by Crippen LogP contribution is 2.23. The third-order valence-corrected chi connectivity index (χ3v) is 3.15. The first-order valence-electron chi connectivity index (χ1n) is 6.41. The summed E-state index contributed by atoms with van der Waals surface area (Å²) in [7, 11) is 1.49. The van der Waals surface area contributed by atoms with E-state index in [0.29, 0.717) is 22.6 Å². The number of carbonyl (C=O) groups excluding carboxylic acids is 1. The minimum absolute atomic E-state index is 0.0173. The van der Waals surface area contributed by atoms with Gasteiger partial charge in [0.15, 0.2) is 0 Å². The van der Waals surface area contributed by atoms with E-state index in [0.717, 1.165) is 0 Å². The van der Waals surface area contributed by atoms with Crippen LogP contribution in [0.1, 0.15) is 21.5 Å². The molecule has 0 bridgehead atoms. The molecule has 0 aliphatic carbocycles. The Hall–Kier alpha value is -2.40. The maximum absolute atomic E-state index is 13.9. The van der Waals surface area contributed by atoms with E-state index >= 15 is 0 Å². The summed E-state index contributed by atoms with van der Waals surface area (Å²) in [5, 5.41) is 11.9. The molecule has 0 fully saturated rings. The summed E-state index contributed by atoms with van der Waals surface area (Å²) in [4.78, 5) is 12.1. The van der Waals surface area contributed by atoms with Gasteiger partial charge in [-0.2, -0.15) is 0 Å². The van der Waals surface area contributed by atoms with E-state index in [9.17, 15) is 14.3 Å². The van der Waals surface area contributed by atoms with E-state index in [1.165, 1.54) is 13.2 Å². The monoisotopic (exact) mass is 289 g/mol. The molecule has 2 aromatic rings. The number of rotatable bonds is 4. The van der Waals surface area contributed by atoms with Gasteiger partial charge in [-0.25, -0.2) is 4.39 Å². The average Bonchev–Trinajstić information content (AvgIpc) is 2.49. The Labute approximate surface area is 122 Å². The highest BCUT2D eigenvalue weighted by Gasteiger charge is 2.14. The Morgan fingerprint density at radius 2 is 2.10 bits per heavy atom. The van der Waals surface area contributed by atoms with Gasteiger partial charge < -0.3 is 15.2 Å². The van der Waals surface area contributed by atoms with E-state index in [2.05, 4.69) is 5.32 Å². The fourth-order valence-corrected chi connectivity index (χ4v) is 2.00. The molecule has 5 heteroatoms. The number of carbonyl (C=O) groups is 1. The van der Waals surface area contributed by atoms with Crippen molar-refractivity contribution in [2.24, 2.45) is 0 Å². The molecular formula is C16H16FNO3. The van der Waals surface area contributed by atoms with Gasteiger partial charge in [-0.3, -0.25) is 4.79 Å². The molecule has 0 aliphatic rings. The molecule has 0 saturated heterocycles. The number of methoxy groups -OCH3 is 1. The summed E-state index contributed by atoms with van der Waals surface area (Å²) >= 11 is 0. The first-order chi connectivity index (χ1) is 10.1. The summed E-state index contributed by atoms with van der Waals surface area (Å²) in [6.45, 7) is 1.38. The minimum Gasteiger partial charge on any atom is -0.496 e. The summed E-state index contributed by atoms with van der Waals surface area (Å²) in [6, 6.07) is 9.50. The number of hydrogen-bond donors (Lipinski definition) is 2. The first kappa shape index (κ1) is 15.0. The third-order valence-electron chi connectivity index (χ3n) is 3.15. The van der Waals surface area contributed by atoms with Gasteiger partial charge >= 0.3 is 0 Å². The highest BCUT2D eigenvalue weighted by atomic mass is 19.1. The van der Waals surface area contributed by atoms with Crippen LogP contribution in [0, 0.1) is 12.7 Å². The molecule has 21 heavy (non-hydrogen) atoms. The number of ether oxygens (including phenoxy) is 1. The highest BCUT2D eigenvalue weighted by molar-refractivity contribution is 6.04. The molecule has 110 valence electrons. The number of anilines is 1. The Morgan fingerprint density at radius 1 is 1.33 bits per heavy atom. The molecule has 0 spiro atoms. The second-order valence-electron chi connectivity index (χ2n) is 4.58. The number of nitrogens with one attached hydrogen (secondary N) is 1. The van der Waals surface area contributed by atoms with Crippen molar-refractivity contribution >= 4 is 11.6 Å². The normalized spacial score (nSPS) is 10.3.